The molecule has 0 amide bonds. The second-order valence-electron chi connectivity index (χ2n) is 5.49. The van der Waals surface area contributed by atoms with Crippen molar-refractivity contribution in [2.75, 3.05) is 18.5 Å². The van der Waals surface area contributed by atoms with E-state index in [1.54, 1.807) is 12.1 Å². The van der Waals surface area contributed by atoms with Crippen LogP contribution in [0.15, 0.2) is 36.4 Å². The Morgan fingerprint density at radius 2 is 1.96 bits per heavy atom. The van der Waals surface area contributed by atoms with Crippen molar-refractivity contribution in [1.29, 1.82) is 0 Å². The smallest absolute Gasteiger partial charge is 1.00 e. The molecule has 2 aromatic rings. The third-order valence-electron chi connectivity index (χ3n) is 3.87. The van der Waals surface area contributed by atoms with E-state index >= 15 is 0 Å². The highest BCUT2D eigenvalue weighted by Gasteiger charge is 2.17. The van der Waals surface area contributed by atoms with Crippen molar-refractivity contribution in [3.05, 3.63) is 53.3 Å². The lowest BCUT2D eigenvalue weighted by molar-refractivity contribution is -0.00000693. The monoisotopic (exact) mass is 338 g/mol. The normalized spacial score (nSPS) is 14.0. The van der Waals surface area contributed by atoms with Gasteiger partial charge in [-0.15, -0.1) is 0 Å². The van der Waals surface area contributed by atoms with Crippen LogP contribution in [0.1, 0.15) is 12.6 Å². The van der Waals surface area contributed by atoms with Gasteiger partial charge in [0, 0.05) is 25.3 Å². The van der Waals surface area contributed by atoms with Crippen molar-refractivity contribution in [2.24, 2.45) is 0 Å². The number of hydrogen-bond donors (Lipinski definition) is 4. The largest absolute Gasteiger partial charge is 1.00 e. The van der Waals surface area contributed by atoms with Gasteiger partial charge in [-0.3, -0.25) is 0 Å². The van der Waals surface area contributed by atoms with Crippen LogP contribution in [0, 0.1) is 5.82 Å². The van der Waals surface area contributed by atoms with Gasteiger partial charge in [-0.2, -0.15) is 0 Å². The number of aliphatic hydroxyl groups is 2. The molecule has 0 aliphatic carbocycles. The summed E-state index contributed by atoms with van der Waals surface area (Å²) < 4.78 is 13.1. The summed E-state index contributed by atoms with van der Waals surface area (Å²) >= 11 is 0. The fourth-order valence-corrected chi connectivity index (χ4v) is 2.71. The number of halogens is 2. The number of nitrogens with one attached hydrogen (secondary N) is 2. The second kappa shape index (κ2) is 7.75. The Morgan fingerprint density at radius 3 is 2.65 bits per heavy atom. The van der Waals surface area contributed by atoms with E-state index in [0.29, 0.717) is 0 Å². The lowest BCUT2D eigenvalue weighted by atomic mass is 9.96. The molecule has 3 rings (SSSR count). The maximum absolute atomic E-state index is 13.1. The van der Waals surface area contributed by atoms with Crippen LogP contribution in [-0.2, 0) is 13.1 Å². The summed E-state index contributed by atoms with van der Waals surface area (Å²) in [7, 11) is 0. The van der Waals surface area contributed by atoms with E-state index in [0.717, 1.165) is 29.9 Å². The molecule has 0 bridgehead atoms. The van der Waals surface area contributed by atoms with Gasteiger partial charge in [0.2, 0.25) is 0 Å². The molecule has 2 aromatic carbocycles. The highest BCUT2D eigenvalue weighted by Crippen LogP contribution is 2.32. The minimum atomic E-state index is -0.791. The summed E-state index contributed by atoms with van der Waals surface area (Å²) in [6.07, 6.45) is -0.791. The summed E-state index contributed by atoms with van der Waals surface area (Å²) in [4.78, 5) is 0. The van der Waals surface area contributed by atoms with E-state index in [1.807, 2.05) is 12.1 Å². The Kier molecular flexibility index (Phi) is 5.96. The predicted octanol–water partition coefficient (Wildman–Crippen LogP) is -1.02. The van der Waals surface area contributed by atoms with Crippen molar-refractivity contribution in [3.8, 4) is 11.1 Å². The summed E-state index contributed by atoms with van der Waals surface area (Å²) in [6.45, 7) is 1.60. The molecule has 0 radical (unpaired) electrons. The standard InChI is InChI=1S/C17H19FN2O2.ClH/c18-13-3-1-11(2-4-13)16-6-14(20-8-15(22)10-21)5-12-7-19-9-17(12)16;/h1-6,15,19-22H,7-10H2;1H/t15-;/m0./s1. The van der Waals surface area contributed by atoms with Crippen LogP contribution in [0.25, 0.3) is 11.1 Å². The molecule has 0 saturated heterocycles. The maximum Gasteiger partial charge on any atom is 1.00 e. The molecule has 0 fully saturated rings. The van der Waals surface area contributed by atoms with Crippen LogP contribution in [0.4, 0.5) is 10.1 Å². The zero-order valence-corrected chi connectivity index (χ0v) is 13.3. The Labute approximate surface area is 142 Å². The topological polar surface area (TPSA) is 64.5 Å². The maximum atomic E-state index is 13.1. The minimum absolute atomic E-state index is 0. The molecule has 0 unspecified atom stereocenters. The van der Waals surface area contributed by atoms with Gasteiger partial charge in [-0.1, -0.05) is 12.1 Å². The van der Waals surface area contributed by atoms with Crippen LogP contribution < -0.4 is 23.0 Å². The molecule has 1 heterocycles. The molecule has 124 valence electrons. The molecule has 4 N–H and O–H groups in total. The van der Waals surface area contributed by atoms with Gasteiger partial charge in [-0.25, -0.2) is 4.39 Å². The van der Waals surface area contributed by atoms with Crippen molar-refractivity contribution >= 4 is 5.69 Å². The van der Waals surface area contributed by atoms with E-state index in [1.165, 1.54) is 23.3 Å². The number of fused-ring (bicyclic) bond motifs is 1. The van der Waals surface area contributed by atoms with Gasteiger partial charge in [0.25, 0.3) is 0 Å². The van der Waals surface area contributed by atoms with E-state index in [9.17, 15) is 9.50 Å². The average molecular weight is 339 g/mol. The minimum Gasteiger partial charge on any atom is -1.00 e. The average Bonchev–Trinajstić information content (AvgIpc) is 3.01. The van der Waals surface area contributed by atoms with Gasteiger partial charge in [0.15, 0.2) is 0 Å². The highest BCUT2D eigenvalue weighted by atomic mass is 35.5. The SMILES string of the molecule is OC[C@@H](O)CNc1cc2c(c(-c3ccc(F)cc3)c1)CNC2.[Cl-].[H+]. The number of aliphatic hydroxyl groups excluding tert-OH is 2. The van der Waals surface area contributed by atoms with Crippen molar-refractivity contribution in [3.63, 3.8) is 0 Å². The van der Waals surface area contributed by atoms with Gasteiger partial charge >= 0.3 is 1.43 Å². The van der Waals surface area contributed by atoms with Gasteiger partial charge in [0.1, 0.15) is 5.82 Å². The summed E-state index contributed by atoms with van der Waals surface area (Å²) in [6, 6.07) is 10.5. The Hall–Kier alpha value is -1.66. The molecule has 23 heavy (non-hydrogen) atoms. The van der Waals surface area contributed by atoms with E-state index < -0.39 is 6.10 Å². The Bertz CT molecular complexity index is 670. The first-order valence-corrected chi connectivity index (χ1v) is 7.32. The van der Waals surface area contributed by atoms with E-state index in [2.05, 4.69) is 10.6 Å². The summed E-state index contributed by atoms with van der Waals surface area (Å²) in [5.41, 5.74) is 5.33. The van der Waals surface area contributed by atoms with Crippen molar-refractivity contribution in [1.82, 2.24) is 5.32 Å². The summed E-state index contributed by atoms with van der Waals surface area (Å²) in [5, 5.41) is 24.8. The molecule has 4 nitrogen and oxygen atoms in total. The van der Waals surface area contributed by atoms with Gasteiger partial charge in [-0.05, 0) is 46.5 Å². The third-order valence-corrected chi connectivity index (χ3v) is 3.87. The fraction of sp³-hybridized carbons (Fsp3) is 0.294. The molecule has 1 aliphatic heterocycles. The fourth-order valence-electron chi connectivity index (χ4n) is 2.71. The van der Waals surface area contributed by atoms with E-state index in [4.69, 9.17) is 5.11 Å². The van der Waals surface area contributed by atoms with Crippen LogP contribution in [0.2, 0.25) is 0 Å². The third kappa shape index (κ3) is 4.00. The molecular formula is C17H20ClFN2O2. The molecule has 6 heteroatoms. The number of hydrogen-bond acceptors (Lipinski definition) is 4. The van der Waals surface area contributed by atoms with Crippen molar-refractivity contribution < 1.29 is 28.4 Å². The van der Waals surface area contributed by atoms with Crippen LogP contribution in [-0.4, -0.2) is 29.5 Å². The van der Waals surface area contributed by atoms with Crippen LogP contribution in [0.5, 0.6) is 0 Å². The Balaban J connectivity index is 0.00000144. The number of rotatable bonds is 5. The quantitative estimate of drug-likeness (QED) is 0.563. The van der Waals surface area contributed by atoms with Gasteiger partial charge < -0.3 is 33.3 Å². The summed E-state index contributed by atoms with van der Waals surface area (Å²) in [5.74, 6) is -0.251. The molecule has 1 atom stereocenters. The molecule has 0 saturated carbocycles. The Morgan fingerprint density at radius 1 is 1.22 bits per heavy atom. The molecule has 0 aromatic heterocycles. The van der Waals surface area contributed by atoms with Crippen LogP contribution in [0.3, 0.4) is 0 Å². The molecule has 0 spiro atoms. The van der Waals surface area contributed by atoms with Gasteiger partial charge in [0.05, 0.1) is 12.7 Å². The highest BCUT2D eigenvalue weighted by molar-refractivity contribution is 5.74. The first-order chi connectivity index (χ1) is 10.7. The zero-order chi connectivity index (χ0) is 15.5. The lowest BCUT2D eigenvalue weighted by Crippen LogP contribution is -3.00. The second-order valence-corrected chi connectivity index (χ2v) is 5.49. The number of benzene rings is 2. The zero-order valence-electron chi connectivity index (χ0n) is 13.5. The molecular weight excluding hydrogens is 319 g/mol. The molecule has 1 aliphatic rings. The predicted molar refractivity (Wildman–Crippen MR) is 85.1 cm³/mol. The van der Waals surface area contributed by atoms with E-state index in [-0.39, 0.29) is 32.8 Å². The first-order valence-electron chi connectivity index (χ1n) is 7.32. The van der Waals surface area contributed by atoms with Crippen LogP contribution >= 0.6 is 0 Å². The first kappa shape index (κ1) is 17.7. The van der Waals surface area contributed by atoms with Crippen molar-refractivity contribution in [2.45, 2.75) is 19.2 Å². The number of anilines is 1. The lowest BCUT2D eigenvalue weighted by Gasteiger charge is -2.15.